The summed E-state index contributed by atoms with van der Waals surface area (Å²) >= 11 is 1.86. The number of benzene rings is 2. The summed E-state index contributed by atoms with van der Waals surface area (Å²) in [5.74, 6) is 1.60. The molecule has 0 heterocycles. The van der Waals surface area contributed by atoms with Gasteiger partial charge in [-0.2, -0.15) is 0 Å². The van der Waals surface area contributed by atoms with Gasteiger partial charge in [0.2, 0.25) is 0 Å². The molecule has 0 aliphatic carbocycles. The number of hydrogen-bond acceptors (Lipinski definition) is 2. The molecule has 2 heteroatoms. The van der Waals surface area contributed by atoms with Crippen molar-refractivity contribution in [2.75, 3.05) is 0 Å². The molecule has 0 bridgehead atoms. The fourth-order valence-electron chi connectivity index (χ4n) is 2.05. The Morgan fingerprint density at radius 2 is 1.65 bits per heavy atom. The zero-order valence-corrected chi connectivity index (χ0v) is 13.3. The van der Waals surface area contributed by atoms with Gasteiger partial charge >= 0.3 is 0 Å². The van der Waals surface area contributed by atoms with Crippen molar-refractivity contribution < 1.29 is 0 Å². The lowest BCUT2D eigenvalue weighted by atomic mass is 10.0. The largest absolute Gasteiger partial charge is 0.324 e. The Labute approximate surface area is 126 Å². The van der Waals surface area contributed by atoms with Gasteiger partial charge < -0.3 is 5.73 Å². The zero-order valence-electron chi connectivity index (χ0n) is 12.5. The van der Waals surface area contributed by atoms with Gasteiger partial charge in [0.1, 0.15) is 0 Å². The fraction of sp³-hybridized carbons (Fsp3) is 0.333. The van der Waals surface area contributed by atoms with Gasteiger partial charge in [0, 0.05) is 16.7 Å². The summed E-state index contributed by atoms with van der Waals surface area (Å²) in [4.78, 5) is 1.28. The van der Waals surface area contributed by atoms with Crippen molar-refractivity contribution in [2.45, 2.75) is 43.4 Å². The van der Waals surface area contributed by atoms with Crippen LogP contribution in [0.4, 0.5) is 0 Å². The van der Waals surface area contributed by atoms with Crippen LogP contribution in [0.1, 0.15) is 49.4 Å². The second-order valence-corrected chi connectivity index (χ2v) is 6.59. The molecule has 0 aliphatic rings. The third-order valence-corrected chi connectivity index (χ3v) is 4.50. The predicted molar refractivity (Wildman–Crippen MR) is 89.1 cm³/mol. The molecule has 0 aliphatic heterocycles. The van der Waals surface area contributed by atoms with Crippen molar-refractivity contribution in [1.82, 2.24) is 0 Å². The molecule has 0 saturated heterocycles. The Balaban J connectivity index is 1.99. The standard InChI is InChI=1S/C18H23NS/c1-13(2)16-9-7-15(8-10-16)12-20-18-6-4-5-17(11-18)14(3)19/h4-11,13-14H,12,19H2,1-3H3. The average molecular weight is 285 g/mol. The lowest BCUT2D eigenvalue weighted by molar-refractivity contribution is 0.815. The molecule has 2 N–H and O–H groups in total. The van der Waals surface area contributed by atoms with Crippen LogP contribution in [0, 0.1) is 0 Å². The second-order valence-electron chi connectivity index (χ2n) is 5.55. The summed E-state index contributed by atoms with van der Waals surface area (Å²) < 4.78 is 0. The third-order valence-electron chi connectivity index (χ3n) is 3.44. The maximum Gasteiger partial charge on any atom is 0.0266 e. The first kappa shape index (κ1) is 15.1. The van der Waals surface area contributed by atoms with E-state index in [4.69, 9.17) is 5.73 Å². The van der Waals surface area contributed by atoms with E-state index in [-0.39, 0.29) is 6.04 Å². The second kappa shape index (κ2) is 6.96. The Kier molecular flexibility index (Phi) is 5.27. The molecule has 2 aromatic rings. The van der Waals surface area contributed by atoms with E-state index < -0.39 is 0 Å². The maximum atomic E-state index is 5.93. The van der Waals surface area contributed by atoms with Gasteiger partial charge in [-0.05, 0) is 41.7 Å². The van der Waals surface area contributed by atoms with Gasteiger partial charge in [-0.1, -0.05) is 50.2 Å². The zero-order chi connectivity index (χ0) is 14.5. The Hall–Kier alpha value is -1.25. The van der Waals surface area contributed by atoms with Gasteiger partial charge in [-0.15, -0.1) is 11.8 Å². The van der Waals surface area contributed by atoms with E-state index in [1.54, 1.807) is 0 Å². The van der Waals surface area contributed by atoms with Crippen LogP contribution in [0.5, 0.6) is 0 Å². The summed E-state index contributed by atoms with van der Waals surface area (Å²) in [6, 6.07) is 17.6. The summed E-state index contributed by atoms with van der Waals surface area (Å²) in [5.41, 5.74) is 9.89. The van der Waals surface area contributed by atoms with E-state index in [1.165, 1.54) is 21.6 Å². The van der Waals surface area contributed by atoms with Gasteiger partial charge in [0.05, 0.1) is 0 Å². The number of nitrogens with two attached hydrogens (primary N) is 1. The first-order valence-corrected chi connectivity index (χ1v) is 8.12. The molecule has 0 spiro atoms. The lowest BCUT2D eigenvalue weighted by Crippen LogP contribution is -2.04. The highest BCUT2D eigenvalue weighted by atomic mass is 32.2. The molecule has 20 heavy (non-hydrogen) atoms. The number of thioether (sulfide) groups is 1. The molecule has 2 aromatic carbocycles. The van der Waals surface area contributed by atoms with Gasteiger partial charge in [-0.25, -0.2) is 0 Å². The van der Waals surface area contributed by atoms with E-state index in [2.05, 4.69) is 62.4 Å². The topological polar surface area (TPSA) is 26.0 Å². The first-order chi connectivity index (χ1) is 9.56. The lowest BCUT2D eigenvalue weighted by Gasteiger charge is -2.09. The van der Waals surface area contributed by atoms with Crippen molar-refractivity contribution in [3.8, 4) is 0 Å². The smallest absolute Gasteiger partial charge is 0.0266 e. The molecule has 1 nitrogen and oxygen atoms in total. The van der Waals surface area contributed by atoms with Crippen LogP contribution in [0.3, 0.4) is 0 Å². The van der Waals surface area contributed by atoms with Crippen LogP contribution >= 0.6 is 11.8 Å². The minimum Gasteiger partial charge on any atom is -0.324 e. The molecule has 106 valence electrons. The Bertz CT molecular complexity index is 544. The minimum atomic E-state index is 0.0980. The van der Waals surface area contributed by atoms with Gasteiger partial charge in [0.25, 0.3) is 0 Å². The molecule has 0 saturated carbocycles. The van der Waals surface area contributed by atoms with Crippen LogP contribution in [0.15, 0.2) is 53.4 Å². The highest BCUT2D eigenvalue weighted by Crippen LogP contribution is 2.26. The van der Waals surface area contributed by atoms with E-state index in [1.807, 2.05) is 18.7 Å². The van der Waals surface area contributed by atoms with Crippen LogP contribution in [-0.4, -0.2) is 0 Å². The van der Waals surface area contributed by atoms with Crippen molar-refractivity contribution in [3.05, 3.63) is 65.2 Å². The molecule has 2 rings (SSSR count). The SMILES string of the molecule is CC(C)c1ccc(CSc2cccc(C(C)N)c2)cc1. The number of hydrogen-bond donors (Lipinski definition) is 1. The molecular weight excluding hydrogens is 262 g/mol. The van der Waals surface area contributed by atoms with E-state index in [0.717, 1.165) is 5.75 Å². The van der Waals surface area contributed by atoms with Gasteiger partial charge in [0.15, 0.2) is 0 Å². The van der Waals surface area contributed by atoms with Crippen molar-refractivity contribution in [1.29, 1.82) is 0 Å². The molecule has 1 unspecified atom stereocenters. The molecular formula is C18H23NS. The van der Waals surface area contributed by atoms with E-state index in [0.29, 0.717) is 5.92 Å². The summed E-state index contributed by atoms with van der Waals surface area (Å²) in [6.07, 6.45) is 0. The third kappa shape index (κ3) is 4.12. The maximum absolute atomic E-state index is 5.93. The Morgan fingerprint density at radius 1 is 0.950 bits per heavy atom. The average Bonchev–Trinajstić information content (AvgIpc) is 2.46. The summed E-state index contributed by atoms with van der Waals surface area (Å²) in [7, 11) is 0. The first-order valence-electron chi connectivity index (χ1n) is 7.13. The van der Waals surface area contributed by atoms with Gasteiger partial charge in [-0.3, -0.25) is 0 Å². The molecule has 0 fully saturated rings. The van der Waals surface area contributed by atoms with Crippen LogP contribution in [0.25, 0.3) is 0 Å². The van der Waals surface area contributed by atoms with E-state index >= 15 is 0 Å². The van der Waals surface area contributed by atoms with Crippen LogP contribution in [-0.2, 0) is 5.75 Å². The normalized spacial score (nSPS) is 12.7. The van der Waals surface area contributed by atoms with Crippen LogP contribution < -0.4 is 5.73 Å². The monoisotopic (exact) mass is 285 g/mol. The van der Waals surface area contributed by atoms with E-state index in [9.17, 15) is 0 Å². The molecule has 0 amide bonds. The minimum absolute atomic E-state index is 0.0980. The predicted octanol–water partition coefficient (Wildman–Crippen LogP) is 5.12. The van der Waals surface area contributed by atoms with Crippen molar-refractivity contribution in [2.24, 2.45) is 5.73 Å². The van der Waals surface area contributed by atoms with Crippen molar-refractivity contribution >= 4 is 11.8 Å². The van der Waals surface area contributed by atoms with Crippen LogP contribution in [0.2, 0.25) is 0 Å². The number of rotatable bonds is 5. The molecule has 0 aromatic heterocycles. The summed E-state index contributed by atoms with van der Waals surface area (Å²) in [6.45, 7) is 6.47. The quantitative estimate of drug-likeness (QED) is 0.771. The Morgan fingerprint density at radius 3 is 2.25 bits per heavy atom. The van der Waals surface area contributed by atoms with Crippen molar-refractivity contribution in [3.63, 3.8) is 0 Å². The molecule has 1 atom stereocenters. The fourth-order valence-corrected chi connectivity index (χ4v) is 2.97. The highest BCUT2D eigenvalue weighted by molar-refractivity contribution is 7.98. The summed E-state index contributed by atoms with van der Waals surface area (Å²) in [5, 5.41) is 0. The molecule has 0 radical (unpaired) electrons. The highest BCUT2D eigenvalue weighted by Gasteiger charge is 2.03.